The van der Waals surface area contributed by atoms with Crippen LogP contribution >= 0.6 is 23.2 Å². The van der Waals surface area contributed by atoms with E-state index in [1.54, 1.807) is 12.3 Å². The molecule has 21 heavy (non-hydrogen) atoms. The van der Waals surface area contributed by atoms with Gasteiger partial charge in [-0.05, 0) is 17.9 Å². The molecule has 1 aliphatic rings. The van der Waals surface area contributed by atoms with Gasteiger partial charge in [0.2, 0.25) is 0 Å². The van der Waals surface area contributed by atoms with Crippen LogP contribution in [0.1, 0.15) is 36.3 Å². The number of rotatable bonds is 1. The second-order valence-electron chi connectivity index (χ2n) is 5.98. The highest BCUT2D eigenvalue weighted by atomic mass is 35.5. The molecule has 2 aromatic heterocycles. The van der Waals surface area contributed by atoms with Crippen molar-refractivity contribution >= 4 is 29.0 Å². The van der Waals surface area contributed by atoms with E-state index in [0.717, 1.165) is 12.1 Å². The molecule has 0 bridgehead atoms. The summed E-state index contributed by atoms with van der Waals surface area (Å²) in [7, 11) is 0. The topological polar surface area (TPSA) is 55.7 Å². The molecule has 0 unspecified atom stereocenters. The zero-order valence-corrected chi connectivity index (χ0v) is 13.2. The Morgan fingerprint density at radius 1 is 1.14 bits per heavy atom. The quantitative estimate of drug-likeness (QED) is 0.796. The number of fused-ring (bicyclic) bond motifs is 1. The number of ketones is 1. The Kier molecular flexibility index (Phi) is 3.46. The van der Waals surface area contributed by atoms with E-state index in [1.165, 1.54) is 6.20 Å². The number of pyridine rings is 1. The molecular formula is C15H13Cl2N3O. The van der Waals surface area contributed by atoms with Gasteiger partial charge in [-0.15, -0.1) is 0 Å². The highest BCUT2D eigenvalue weighted by molar-refractivity contribution is 6.35. The fourth-order valence-corrected chi connectivity index (χ4v) is 2.99. The van der Waals surface area contributed by atoms with Gasteiger partial charge in [-0.2, -0.15) is 0 Å². The average molecular weight is 322 g/mol. The molecule has 0 saturated carbocycles. The van der Waals surface area contributed by atoms with Crippen LogP contribution in [0.25, 0.3) is 11.5 Å². The molecule has 4 nitrogen and oxygen atoms in total. The van der Waals surface area contributed by atoms with Crippen LogP contribution in [0, 0.1) is 5.41 Å². The van der Waals surface area contributed by atoms with Crippen molar-refractivity contribution < 1.29 is 4.79 Å². The minimum atomic E-state index is -0.0904. The third-order valence-corrected chi connectivity index (χ3v) is 3.97. The lowest BCUT2D eigenvalue weighted by atomic mass is 9.76. The summed E-state index contributed by atoms with van der Waals surface area (Å²) in [6.45, 7) is 4.12. The Balaban J connectivity index is 2.09. The fraction of sp³-hybridized carbons (Fsp3) is 0.333. The van der Waals surface area contributed by atoms with E-state index >= 15 is 0 Å². The van der Waals surface area contributed by atoms with Crippen LogP contribution in [0.4, 0.5) is 0 Å². The third kappa shape index (κ3) is 2.78. The van der Waals surface area contributed by atoms with Crippen LogP contribution in [0.2, 0.25) is 10.0 Å². The Bertz CT molecular complexity index is 744. The van der Waals surface area contributed by atoms with Crippen molar-refractivity contribution in [1.82, 2.24) is 15.0 Å². The van der Waals surface area contributed by atoms with Crippen LogP contribution < -0.4 is 0 Å². The van der Waals surface area contributed by atoms with Crippen molar-refractivity contribution in [2.75, 3.05) is 0 Å². The molecule has 1 aliphatic carbocycles. The first kappa shape index (κ1) is 14.4. The van der Waals surface area contributed by atoms with Crippen LogP contribution in [-0.2, 0) is 6.42 Å². The van der Waals surface area contributed by atoms with E-state index < -0.39 is 0 Å². The number of Topliss-reactive ketones (excluding diaryl/α,β-unsaturated/α-hetero) is 1. The van der Waals surface area contributed by atoms with E-state index in [9.17, 15) is 4.79 Å². The minimum Gasteiger partial charge on any atom is -0.294 e. The predicted molar refractivity (Wildman–Crippen MR) is 81.7 cm³/mol. The number of halogens is 2. The standard InChI is InChI=1S/C15H13Cl2N3O/c1-15(2)4-11-9(12(21)5-15)7-19-14(20-11)13-10(17)3-8(16)6-18-13/h3,6-7H,4-5H2,1-2H3. The monoisotopic (exact) mass is 321 g/mol. The summed E-state index contributed by atoms with van der Waals surface area (Å²) in [6, 6.07) is 1.60. The lowest BCUT2D eigenvalue weighted by molar-refractivity contribution is 0.0910. The normalized spacial score (nSPS) is 16.7. The van der Waals surface area contributed by atoms with Gasteiger partial charge < -0.3 is 0 Å². The number of hydrogen-bond acceptors (Lipinski definition) is 4. The Morgan fingerprint density at radius 2 is 1.90 bits per heavy atom. The van der Waals surface area contributed by atoms with Crippen LogP contribution in [0.3, 0.4) is 0 Å². The molecule has 6 heteroatoms. The zero-order chi connectivity index (χ0) is 15.2. The van der Waals surface area contributed by atoms with E-state index in [4.69, 9.17) is 23.2 Å². The van der Waals surface area contributed by atoms with Crippen molar-refractivity contribution in [2.24, 2.45) is 5.41 Å². The van der Waals surface area contributed by atoms with Crippen molar-refractivity contribution in [3.05, 3.63) is 39.8 Å². The molecule has 3 rings (SSSR count). The summed E-state index contributed by atoms with van der Waals surface area (Å²) in [6.07, 6.45) is 4.32. The molecule has 108 valence electrons. The number of nitrogens with zero attached hydrogens (tertiary/aromatic N) is 3. The molecule has 0 aromatic carbocycles. The Labute approximate surface area is 132 Å². The molecule has 0 N–H and O–H groups in total. The maximum absolute atomic E-state index is 12.1. The third-order valence-electron chi connectivity index (χ3n) is 3.47. The van der Waals surface area contributed by atoms with Gasteiger partial charge in [-0.1, -0.05) is 37.0 Å². The van der Waals surface area contributed by atoms with Crippen molar-refractivity contribution in [3.8, 4) is 11.5 Å². The maximum atomic E-state index is 12.1. The van der Waals surface area contributed by atoms with Gasteiger partial charge >= 0.3 is 0 Å². The molecule has 0 aliphatic heterocycles. The number of carbonyl (C=O) groups is 1. The maximum Gasteiger partial charge on any atom is 0.179 e. The summed E-state index contributed by atoms with van der Waals surface area (Å²) < 4.78 is 0. The average Bonchev–Trinajstić information content (AvgIpc) is 2.36. The summed E-state index contributed by atoms with van der Waals surface area (Å²) in [5.74, 6) is 0.504. The molecule has 0 atom stereocenters. The SMILES string of the molecule is CC1(C)CC(=O)c2cnc(-c3ncc(Cl)cc3Cl)nc2C1. The van der Waals surface area contributed by atoms with Gasteiger partial charge in [-0.25, -0.2) is 15.0 Å². The Hall–Kier alpha value is -1.52. The van der Waals surface area contributed by atoms with Gasteiger partial charge in [0.1, 0.15) is 5.69 Å². The van der Waals surface area contributed by atoms with Gasteiger partial charge in [-0.3, -0.25) is 4.79 Å². The first-order valence-electron chi connectivity index (χ1n) is 6.56. The summed E-state index contributed by atoms with van der Waals surface area (Å²) in [5, 5.41) is 0.849. The number of aromatic nitrogens is 3. The molecule has 0 radical (unpaired) electrons. The second kappa shape index (κ2) is 5.04. The van der Waals surface area contributed by atoms with Gasteiger partial charge in [0, 0.05) is 18.8 Å². The lowest BCUT2D eigenvalue weighted by Crippen LogP contribution is -2.28. The van der Waals surface area contributed by atoms with E-state index in [0.29, 0.717) is 33.5 Å². The summed E-state index contributed by atoms with van der Waals surface area (Å²) in [5.41, 5.74) is 1.74. The van der Waals surface area contributed by atoms with Crippen LogP contribution in [0.5, 0.6) is 0 Å². The Morgan fingerprint density at radius 3 is 2.62 bits per heavy atom. The van der Waals surface area contributed by atoms with Gasteiger partial charge in [0.05, 0.1) is 21.3 Å². The van der Waals surface area contributed by atoms with Gasteiger partial charge in [0.15, 0.2) is 11.6 Å². The molecular weight excluding hydrogens is 309 g/mol. The van der Waals surface area contributed by atoms with Crippen molar-refractivity contribution in [2.45, 2.75) is 26.7 Å². The van der Waals surface area contributed by atoms with E-state index in [-0.39, 0.29) is 11.2 Å². The number of hydrogen-bond donors (Lipinski definition) is 0. The van der Waals surface area contributed by atoms with Crippen molar-refractivity contribution in [3.63, 3.8) is 0 Å². The first-order chi connectivity index (χ1) is 9.85. The lowest BCUT2D eigenvalue weighted by Gasteiger charge is -2.29. The fourth-order valence-electron chi connectivity index (χ4n) is 2.52. The molecule has 0 saturated heterocycles. The molecule has 0 amide bonds. The number of carbonyl (C=O) groups excluding carboxylic acids is 1. The van der Waals surface area contributed by atoms with Crippen molar-refractivity contribution in [1.29, 1.82) is 0 Å². The largest absolute Gasteiger partial charge is 0.294 e. The molecule has 0 spiro atoms. The van der Waals surface area contributed by atoms with Gasteiger partial charge in [0.25, 0.3) is 0 Å². The summed E-state index contributed by atoms with van der Waals surface area (Å²) >= 11 is 12.0. The minimum absolute atomic E-state index is 0.0861. The van der Waals surface area contributed by atoms with Crippen LogP contribution in [-0.4, -0.2) is 20.7 Å². The molecule has 2 heterocycles. The predicted octanol–water partition coefficient (Wildman–Crippen LogP) is 4.00. The zero-order valence-electron chi connectivity index (χ0n) is 11.7. The highest BCUT2D eigenvalue weighted by Crippen LogP contribution is 2.34. The van der Waals surface area contributed by atoms with Crippen LogP contribution in [0.15, 0.2) is 18.5 Å². The highest BCUT2D eigenvalue weighted by Gasteiger charge is 2.32. The smallest absolute Gasteiger partial charge is 0.179 e. The summed E-state index contributed by atoms with van der Waals surface area (Å²) in [4.78, 5) is 25.0. The van der Waals surface area contributed by atoms with E-state index in [1.807, 2.05) is 0 Å². The second-order valence-corrected chi connectivity index (χ2v) is 6.82. The first-order valence-corrected chi connectivity index (χ1v) is 7.32. The molecule has 0 fully saturated rings. The van der Waals surface area contributed by atoms with E-state index in [2.05, 4.69) is 28.8 Å². The molecule has 2 aromatic rings.